The van der Waals surface area contributed by atoms with Gasteiger partial charge in [-0.15, -0.1) is 0 Å². The fourth-order valence-electron chi connectivity index (χ4n) is 1.60. The van der Waals surface area contributed by atoms with Crippen molar-refractivity contribution < 1.29 is 9.47 Å². The van der Waals surface area contributed by atoms with E-state index in [9.17, 15) is 0 Å². The Labute approximate surface area is 68.9 Å². The highest BCUT2D eigenvalue weighted by Crippen LogP contribution is 2.30. The molecule has 0 aromatic carbocycles. The van der Waals surface area contributed by atoms with E-state index < -0.39 is 0 Å². The summed E-state index contributed by atoms with van der Waals surface area (Å²) >= 11 is 0. The van der Waals surface area contributed by atoms with E-state index in [1.54, 1.807) is 0 Å². The quantitative estimate of drug-likeness (QED) is 0.614. The first-order valence-electron chi connectivity index (χ1n) is 4.44. The number of hydrogen-bond donors (Lipinski definition) is 0. The fraction of sp³-hybridized carbons (Fsp3) is 1.00. The van der Waals surface area contributed by atoms with E-state index in [1.165, 1.54) is 0 Å². The summed E-state index contributed by atoms with van der Waals surface area (Å²) in [5.41, 5.74) is 0. The van der Waals surface area contributed by atoms with Gasteiger partial charge in [0, 0.05) is 0 Å². The predicted octanol–water partition coefficient (Wildman–Crippen LogP) is 2.33. The summed E-state index contributed by atoms with van der Waals surface area (Å²) < 4.78 is 11.4. The lowest BCUT2D eigenvalue weighted by Crippen LogP contribution is -2.21. The van der Waals surface area contributed by atoms with Crippen molar-refractivity contribution in [1.29, 1.82) is 0 Å². The van der Waals surface area contributed by atoms with Crippen molar-refractivity contribution in [1.82, 2.24) is 0 Å². The molecule has 0 aromatic heterocycles. The van der Waals surface area contributed by atoms with Crippen molar-refractivity contribution in [3.05, 3.63) is 0 Å². The second-order valence-corrected chi connectivity index (χ2v) is 3.53. The summed E-state index contributed by atoms with van der Waals surface area (Å²) in [6, 6.07) is 0. The van der Waals surface area contributed by atoms with Gasteiger partial charge in [0.25, 0.3) is 0 Å². The van der Waals surface area contributed by atoms with Gasteiger partial charge in [0.2, 0.25) is 0 Å². The Kier molecular flexibility index (Phi) is 2.55. The third kappa shape index (κ3) is 1.94. The lowest BCUT2D eigenvalue weighted by Gasteiger charge is -2.16. The zero-order chi connectivity index (χ0) is 8.48. The average Bonchev–Trinajstić information content (AvgIpc) is 2.25. The first-order chi connectivity index (χ1) is 5.09. The van der Waals surface area contributed by atoms with E-state index >= 15 is 0 Å². The van der Waals surface area contributed by atoms with Crippen LogP contribution in [0.25, 0.3) is 0 Å². The third-order valence-electron chi connectivity index (χ3n) is 2.09. The summed E-state index contributed by atoms with van der Waals surface area (Å²) in [6.45, 7) is 8.23. The van der Waals surface area contributed by atoms with Gasteiger partial charge in [0.05, 0.1) is 12.2 Å². The third-order valence-corrected chi connectivity index (χ3v) is 2.09. The Balaban J connectivity index is 2.55. The lowest BCUT2D eigenvalue weighted by atomic mass is 10.1. The standard InChI is InChI=1S/C9H18O2/c1-5-7-8(6-2)11-9(3,4)10-7/h7-8H,5-6H2,1-4H3/t7-,8+. The van der Waals surface area contributed by atoms with Crippen molar-refractivity contribution in [2.75, 3.05) is 0 Å². The van der Waals surface area contributed by atoms with Gasteiger partial charge in [-0.3, -0.25) is 0 Å². The van der Waals surface area contributed by atoms with Gasteiger partial charge >= 0.3 is 0 Å². The zero-order valence-corrected chi connectivity index (χ0v) is 7.89. The first-order valence-corrected chi connectivity index (χ1v) is 4.44. The molecule has 0 aliphatic carbocycles. The summed E-state index contributed by atoms with van der Waals surface area (Å²) in [6.07, 6.45) is 2.69. The van der Waals surface area contributed by atoms with Crippen molar-refractivity contribution in [3.63, 3.8) is 0 Å². The molecule has 0 saturated carbocycles. The summed E-state index contributed by atoms with van der Waals surface area (Å²) in [5.74, 6) is -0.360. The molecule has 1 saturated heterocycles. The highest BCUT2D eigenvalue weighted by molar-refractivity contribution is 4.79. The van der Waals surface area contributed by atoms with E-state index in [4.69, 9.17) is 9.47 Å². The Hall–Kier alpha value is -0.0800. The SMILES string of the molecule is CC[C@@H]1OC(C)(C)O[C@@H]1CC. The number of ether oxygens (including phenoxy) is 2. The van der Waals surface area contributed by atoms with Crippen LogP contribution in [0, 0.1) is 0 Å². The minimum atomic E-state index is -0.360. The molecule has 1 fully saturated rings. The molecule has 0 aromatic rings. The molecule has 66 valence electrons. The van der Waals surface area contributed by atoms with E-state index in [1.807, 2.05) is 13.8 Å². The molecule has 2 atom stereocenters. The second kappa shape index (κ2) is 3.11. The molecule has 1 rings (SSSR count). The van der Waals surface area contributed by atoms with Gasteiger partial charge in [-0.1, -0.05) is 13.8 Å². The average molecular weight is 158 g/mol. The van der Waals surface area contributed by atoms with Crippen LogP contribution in [-0.4, -0.2) is 18.0 Å². The molecule has 1 aliphatic heterocycles. The maximum absolute atomic E-state index is 5.68. The van der Waals surface area contributed by atoms with Gasteiger partial charge in [0.1, 0.15) is 0 Å². The van der Waals surface area contributed by atoms with Crippen LogP contribution in [0.5, 0.6) is 0 Å². The molecular formula is C9H18O2. The molecule has 0 N–H and O–H groups in total. The molecule has 0 spiro atoms. The maximum atomic E-state index is 5.68. The second-order valence-electron chi connectivity index (χ2n) is 3.53. The molecule has 0 unspecified atom stereocenters. The highest BCUT2D eigenvalue weighted by atomic mass is 16.7. The first kappa shape index (κ1) is 9.01. The lowest BCUT2D eigenvalue weighted by molar-refractivity contribution is -0.146. The van der Waals surface area contributed by atoms with Crippen molar-refractivity contribution in [3.8, 4) is 0 Å². The summed E-state index contributed by atoms with van der Waals surface area (Å²) in [5, 5.41) is 0. The summed E-state index contributed by atoms with van der Waals surface area (Å²) in [7, 11) is 0. The van der Waals surface area contributed by atoms with Crippen LogP contribution in [0.2, 0.25) is 0 Å². The van der Waals surface area contributed by atoms with E-state index in [-0.39, 0.29) is 5.79 Å². The van der Waals surface area contributed by atoms with Crippen LogP contribution in [0.3, 0.4) is 0 Å². The van der Waals surface area contributed by atoms with Gasteiger partial charge in [-0.05, 0) is 26.7 Å². The highest BCUT2D eigenvalue weighted by Gasteiger charge is 2.38. The molecule has 1 heterocycles. The molecule has 0 amide bonds. The minimum Gasteiger partial charge on any atom is -0.345 e. The van der Waals surface area contributed by atoms with Gasteiger partial charge in [0.15, 0.2) is 5.79 Å². The van der Waals surface area contributed by atoms with Crippen molar-refractivity contribution in [2.45, 2.75) is 58.5 Å². The number of rotatable bonds is 2. The largest absolute Gasteiger partial charge is 0.345 e. The normalized spacial score (nSPS) is 36.0. The van der Waals surface area contributed by atoms with Crippen LogP contribution >= 0.6 is 0 Å². The van der Waals surface area contributed by atoms with Crippen LogP contribution in [0.15, 0.2) is 0 Å². The molecule has 2 heteroatoms. The van der Waals surface area contributed by atoms with Crippen LogP contribution in [0.4, 0.5) is 0 Å². The van der Waals surface area contributed by atoms with E-state index in [2.05, 4.69) is 13.8 Å². The molecule has 1 aliphatic rings. The van der Waals surface area contributed by atoms with Crippen molar-refractivity contribution in [2.24, 2.45) is 0 Å². The molecule has 0 radical (unpaired) electrons. The Morgan fingerprint density at radius 1 is 1.00 bits per heavy atom. The minimum absolute atomic E-state index is 0.301. The van der Waals surface area contributed by atoms with Crippen LogP contribution in [0.1, 0.15) is 40.5 Å². The van der Waals surface area contributed by atoms with Gasteiger partial charge < -0.3 is 9.47 Å². The zero-order valence-electron chi connectivity index (χ0n) is 7.89. The Morgan fingerprint density at radius 2 is 1.36 bits per heavy atom. The van der Waals surface area contributed by atoms with Gasteiger partial charge in [-0.2, -0.15) is 0 Å². The fourth-order valence-corrected chi connectivity index (χ4v) is 1.60. The topological polar surface area (TPSA) is 18.5 Å². The number of hydrogen-bond acceptors (Lipinski definition) is 2. The van der Waals surface area contributed by atoms with Crippen molar-refractivity contribution >= 4 is 0 Å². The maximum Gasteiger partial charge on any atom is 0.163 e. The Bertz CT molecular complexity index is 118. The van der Waals surface area contributed by atoms with Crippen LogP contribution in [-0.2, 0) is 9.47 Å². The molecule has 0 bridgehead atoms. The predicted molar refractivity (Wildman–Crippen MR) is 44.4 cm³/mol. The van der Waals surface area contributed by atoms with E-state index in [0.717, 1.165) is 12.8 Å². The van der Waals surface area contributed by atoms with Crippen LogP contribution < -0.4 is 0 Å². The summed E-state index contributed by atoms with van der Waals surface area (Å²) in [4.78, 5) is 0. The van der Waals surface area contributed by atoms with Gasteiger partial charge in [-0.25, -0.2) is 0 Å². The Morgan fingerprint density at radius 3 is 1.64 bits per heavy atom. The monoisotopic (exact) mass is 158 g/mol. The molecule has 11 heavy (non-hydrogen) atoms. The molecular weight excluding hydrogens is 140 g/mol. The smallest absolute Gasteiger partial charge is 0.163 e. The molecule has 2 nitrogen and oxygen atoms in total. The van der Waals surface area contributed by atoms with E-state index in [0.29, 0.717) is 12.2 Å².